The van der Waals surface area contributed by atoms with Gasteiger partial charge in [-0.05, 0) is 42.5 Å². The monoisotopic (exact) mass is 495 g/mol. The fraction of sp³-hybridized carbons (Fsp3) is 0.136. The molecular weight excluding hydrogens is 479 g/mol. The number of carbonyl (C=O) groups excluding carboxylic acids is 2. The Morgan fingerprint density at radius 1 is 0.971 bits per heavy atom. The molecule has 0 saturated heterocycles. The lowest BCUT2D eigenvalue weighted by molar-refractivity contribution is -0.137. The van der Waals surface area contributed by atoms with Crippen molar-refractivity contribution >= 4 is 29.4 Å². The molecule has 8 nitrogen and oxygen atoms in total. The van der Waals surface area contributed by atoms with E-state index in [1.807, 2.05) is 0 Å². The molecule has 0 spiro atoms. The minimum atomic E-state index is -4.56. The molecule has 3 amide bonds. The minimum absolute atomic E-state index is 0.0253. The molecule has 12 heteroatoms. The van der Waals surface area contributed by atoms with Crippen LogP contribution in [0.1, 0.15) is 15.9 Å². The predicted molar refractivity (Wildman–Crippen MR) is 117 cm³/mol. The SMILES string of the molecule is COc1cccc(OC)c1C(=O)NC(=O)Nc1ccc(Oc2cc(C(F)(F)F)ccc2Cl)cn1. The van der Waals surface area contributed by atoms with Crippen LogP contribution in [0.2, 0.25) is 5.02 Å². The third kappa shape index (κ3) is 5.87. The van der Waals surface area contributed by atoms with Crippen LogP contribution in [0.25, 0.3) is 0 Å². The molecule has 1 heterocycles. The van der Waals surface area contributed by atoms with E-state index >= 15 is 0 Å². The van der Waals surface area contributed by atoms with Gasteiger partial charge in [0.1, 0.15) is 34.4 Å². The van der Waals surface area contributed by atoms with Crippen LogP contribution in [-0.4, -0.2) is 31.1 Å². The first kappa shape index (κ1) is 24.6. The number of benzene rings is 2. The lowest BCUT2D eigenvalue weighted by atomic mass is 10.1. The number of urea groups is 1. The number of halogens is 4. The maximum absolute atomic E-state index is 12.9. The quantitative estimate of drug-likeness (QED) is 0.467. The van der Waals surface area contributed by atoms with Gasteiger partial charge in [-0.25, -0.2) is 9.78 Å². The Morgan fingerprint density at radius 2 is 1.65 bits per heavy atom. The van der Waals surface area contributed by atoms with Crippen molar-refractivity contribution in [2.24, 2.45) is 0 Å². The molecular formula is C22H17ClF3N3O5. The number of ether oxygens (including phenoxy) is 3. The van der Waals surface area contributed by atoms with E-state index in [1.54, 1.807) is 6.07 Å². The van der Waals surface area contributed by atoms with Crippen molar-refractivity contribution in [1.82, 2.24) is 10.3 Å². The first-order valence-electron chi connectivity index (χ1n) is 9.46. The molecule has 0 unspecified atom stereocenters. The van der Waals surface area contributed by atoms with Gasteiger partial charge in [0.15, 0.2) is 0 Å². The summed E-state index contributed by atoms with van der Waals surface area (Å²) in [7, 11) is 2.73. The van der Waals surface area contributed by atoms with Crippen molar-refractivity contribution < 1.29 is 37.0 Å². The Labute approximate surface area is 196 Å². The molecule has 34 heavy (non-hydrogen) atoms. The second kappa shape index (κ2) is 10.3. The van der Waals surface area contributed by atoms with Gasteiger partial charge in [0.2, 0.25) is 0 Å². The van der Waals surface area contributed by atoms with Gasteiger partial charge in [0.25, 0.3) is 5.91 Å². The third-order valence-electron chi connectivity index (χ3n) is 4.35. The smallest absolute Gasteiger partial charge is 0.416 e. The molecule has 0 bridgehead atoms. The van der Waals surface area contributed by atoms with Crippen molar-refractivity contribution in [3.05, 3.63) is 70.9 Å². The van der Waals surface area contributed by atoms with Crippen LogP contribution in [0.5, 0.6) is 23.0 Å². The molecule has 0 atom stereocenters. The highest BCUT2D eigenvalue weighted by Crippen LogP contribution is 2.36. The number of aromatic nitrogens is 1. The number of imide groups is 1. The standard InChI is InChI=1S/C22H17ClF3N3O5/c1-32-15-4-3-5-16(33-2)19(15)20(30)29-21(31)28-18-9-7-13(11-27-18)34-17-10-12(22(24,25)26)6-8-14(17)23/h3-11H,1-2H3,(H2,27,28,29,30,31). The number of alkyl halides is 3. The molecule has 0 radical (unpaired) electrons. The number of anilines is 1. The van der Waals surface area contributed by atoms with Crippen molar-refractivity contribution in [3.63, 3.8) is 0 Å². The molecule has 178 valence electrons. The van der Waals surface area contributed by atoms with E-state index in [0.717, 1.165) is 24.4 Å². The van der Waals surface area contributed by atoms with Crippen LogP contribution < -0.4 is 24.8 Å². The summed E-state index contributed by atoms with van der Waals surface area (Å²) in [6.07, 6.45) is -3.40. The summed E-state index contributed by atoms with van der Waals surface area (Å²) >= 11 is 5.91. The minimum Gasteiger partial charge on any atom is -0.496 e. The Bertz CT molecular complexity index is 1180. The number of nitrogens with zero attached hydrogens (tertiary/aromatic N) is 1. The second-order valence-corrected chi connectivity index (χ2v) is 6.98. The fourth-order valence-corrected chi connectivity index (χ4v) is 2.94. The maximum Gasteiger partial charge on any atom is 0.416 e. The highest BCUT2D eigenvalue weighted by Gasteiger charge is 2.31. The molecule has 0 aliphatic carbocycles. The van der Waals surface area contributed by atoms with Crippen LogP contribution in [0.3, 0.4) is 0 Å². The van der Waals surface area contributed by atoms with Gasteiger partial charge in [0, 0.05) is 0 Å². The van der Waals surface area contributed by atoms with E-state index in [-0.39, 0.29) is 39.4 Å². The predicted octanol–water partition coefficient (Wildman–Crippen LogP) is 5.53. The summed E-state index contributed by atoms with van der Waals surface area (Å²) in [5, 5.41) is 4.46. The van der Waals surface area contributed by atoms with Crippen LogP contribution in [0.15, 0.2) is 54.7 Å². The number of rotatable bonds is 6. The molecule has 0 fully saturated rings. The van der Waals surface area contributed by atoms with E-state index in [1.165, 1.54) is 38.5 Å². The third-order valence-corrected chi connectivity index (χ3v) is 4.66. The van der Waals surface area contributed by atoms with Gasteiger partial charge >= 0.3 is 12.2 Å². The van der Waals surface area contributed by atoms with Crippen molar-refractivity contribution in [2.45, 2.75) is 6.18 Å². The molecule has 0 aliphatic rings. The van der Waals surface area contributed by atoms with E-state index in [0.29, 0.717) is 0 Å². The van der Waals surface area contributed by atoms with Crippen molar-refractivity contribution in [1.29, 1.82) is 0 Å². The summed E-state index contributed by atoms with van der Waals surface area (Å²) in [4.78, 5) is 28.7. The van der Waals surface area contributed by atoms with Gasteiger partial charge < -0.3 is 14.2 Å². The Hall–Kier alpha value is -3.99. The average Bonchev–Trinajstić information content (AvgIpc) is 2.80. The van der Waals surface area contributed by atoms with Crippen molar-refractivity contribution in [2.75, 3.05) is 19.5 Å². The zero-order valence-corrected chi connectivity index (χ0v) is 18.5. The summed E-state index contributed by atoms with van der Waals surface area (Å²) in [6, 6.07) is 9.14. The topological polar surface area (TPSA) is 98.8 Å². The zero-order chi connectivity index (χ0) is 24.9. The number of methoxy groups -OCH3 is 2. The summed E-state index contributed by atoms with van der Waals surface area (Å²) in [5.41, 5.74) is -0.900. The normalized spacial score (nSPS) is 10.9. The highest BCUT2D eigenvalue weighted by atomic mass is 35.5. The molecule has 0 aliphatic heterocycles. The van der Waals surface area contributed by atoms with E-state index < -0.39 is 23.7 Å². The highest BCUT2D eigenvalue weighted by molar-refractivity contribution is 6.32. The molecule has 3 aromatic rings. The van der Waals surface area contributed by atoms with Gasteiger partial charge in [-0.1, -0.05) is 17.7 Å². The van der Waals surface area contributed by atoms with E-state index in [2.05, 4.69) is 15.6 Å². The molecule has 2 N–H and O–H groups in total. The molecule has 3 rings (SSSR count). The Morgan fingerprint density at radius 3 is 2.21 bits per heavy atom. The maximum atomic E-state index is 12.9. The first-order valence-corrected chi connectivity index (χ1v) is 9.84. The lowest BCUT2D eigenvalue weighted by Gasteiger charge is -2.13. The van der Waals surface area contributed by atoms with Crippen LogP contribution in [0, 0.1) is 0 Å². The average molecular weight is 496 g/mol. The molecule has 2 aromatic carbocycles. The summed E-state index contributed by atoms with van der Waals surface area (Å²) in [5.74, 6) is -0.462. The van der Waals surface area contributed by atoms with E-state index in [4.69, 9.17) is 25.8 Å². The fourth-order valence-electron chi connectivity index (χ4n) is 2.79. The van der Waals surface area contributed by atoms with Gasteiger partial charge in [-0.15, -0.1) is 0 Å². The molecule has 1 aromatic heterocycles. The Kier molecular flexibility index (Phi) is 7.47. The van der Waals surface area contributed by atoms with Gasteiger partial charge in [-0.3, -0.25) is 15.4 Å². The summed E-state index contributed by atoms with van der Waals surface area (Å²) in [6.45, 7) is 0. The number of hydrogen-bond donors (Lipinski definition) is 2. The number of carbonyl (C=O) groups is 2. The lowest BCUT2D eigenvalue weighted by Crippen LogP contribution is -2.35. The Balaban J connectivity index is 1.67. The molecule has 0 saturated carbocycles. The van der Waals surface area contributed by atoms with Crippen molar-refractivity contribution in [3.8, 4) is 23.0 Å². The summed E-state index contributed by atoms with van der Waals surface area (Å²) < 4.78 is 54.3. The van der Waals surface area contributed by atoms with Crippen LogP contribution in [-0.2, 0) is 6.18 Å². The van der Waals surface area contributed by atoms with Gasteiger partial charge in [-0.2, -0.15) is 13.2 Å². The number of nitrogens with one attached hydrogen (secondary N) is 2. The number of hydrogen-bond acceptors (Lipinski definition) is 6. The van der Waals surface area contributed by atoms with Crippen LogP contribution >= 0.6 is 11.6 Å². The number of amides is 3. The van der Waals surface area contributed by atoms with E-state index in [9.17, 15) is 22.8 Å². The number of pyridine rings is 1. The van der Waals surface area contributed by atoms with Crippen LogP contribution in [0.4, 0.5) is 23.8 Å². The largest absolute Gasteiger partial charge is 0.496 e. The second-order valence-electron chi connectivity index (χ2n) is 6.57. The first-order chi connectivity index (χ1) is 16.1. The zero-order valence-electron chi connectivity index (χ0n) is 17.7. The van der Waals surface area contributed by atoms with Gasteiger partial charge in [0.05, 0.1) is 31.0 Å².